The number of methoxy groups -OCH3 is 2. The summed E-state index contributed by atoms with van der Waals surface area (Å²) in [6.45, 7) is 0.576. The normalized spacial score (nSPS) is 17.3. The van der Waals surface area contributed by atoms with Gasteiger partial charge in [0.15, 0.2) is 16.7 Å². The van der Waals surface area contributed by atoms with Gasteiger partial charge < -0.3 is 9.47 Å². The standard InChI is InChI=1S/C23H27N3O3S/c1-28-19-12-17-18(13-20(19)29-2)25-23(30-21(14-24)16-8-9-16)26(22(17)27)11-10-15-6-4-3-5-7-15/h6,12-13,16,21H,3-5,7-11H2,1-2H3. The highest BCUT2D eigenvalue weighted by molar-refractivity contribution is 8.00. The monoisotopic (exact) mass is 425 g/mol. The summed E-state index contributed by atoms with van der Waals surface area (Å²) in [6, 6.07) is 5.85. The van der Waals surface area contributed by atoms with Crippen LogP contribution in [0.4, 0.5) is 0 Å². The Balaban J connectivity index is 1.76. The number of fused-ring (bicyclic) bond motifs is 1. The molecule has 30 heavy (non-hydrogen) atoms. The van der Waals surface area contributed by atoms with Crippen LogP contribution in [-0.2, 0) is 6.54 Å². The maximum absolute atomic E-state index is 13.5. The quantitative estimate of drug-likeness (QED) is 0.347. The Labute approximate surface area is 180 Å². The van der Waals surface area contributed by atoms with Gasteiger partial charge in [0.2, 0.25) is 0 Å². The molecule has 1 atom stereocenters. The van der Waals surface area contributed by atoms with Crippen LogP contribution in [0.15, 0.2) is 33.7 Å². The zero-order valence-electron chi connectivity index (χ0n) is 17.5. The topological polar surface area (TPSA) is 77.1 Å². The van der Waals surface area contributed by atoms with Gasteiger partial charge in [-0.05, 0) is 56.9 Å². The highest BCUT2D eigenvalue weighted by Gasteiger charge is 2.33. The minimum atomic E-state index is -0.172. The summed E-state index contributed by atoms with van der Waals surface area (Å²) in [7, 11) is 3.12. The van der Waals surface area contributed by atoms with Crippen molar-refractivity contribution in [3.8, 4) is 17.6 Å². The molecular weight excluding hydrogens is 398 g/mol. The Morgan fingerprint density at radius 1 is 1.27 bits per heavy atom. The van der Waals surface area contributed by atoms with Gasteiger partial charge >= 0.3 is 0 Å². The van der Waals surface area contributed by atoms with Gasteiger partial charge in [-0.15, -0.1) is 0 Å². The van der Waals surface area contributed by atoms with E-state index in [0.29, 0.717) is 40.0 Å². The lowest BCUT2D eigenvalue weighted by molar-refractivity contribution is 0.355. The van der Waals surface area contributed by atoms with Gasteiger partial charge in [0, 0.05) is 12.6 Å². The first-order valence-corrected chi connectivity index (χ1v) is 11.4. The van der Waals surface area contributed by atoms with E-state index in [-0.39, 0.29) is 10.8 Å². The molecule has 2 aromatic rings. The average molecular weight is 426 g/mol. The van der Waals surface area contributed by atoms with Crippen LogP contribution in [0.5, 0.6) is 11.5 Å². The van der Waals surface area contributed by atoms with Crippen LogP contribution in [0, 0.1) is 17.2 Å². The number of aromatic nitrogens is 2. The Morgan fingerprint density at radius 2 is 2.03 bits per heavy atom. The molecule has 1 unspecified atom stereocenters. The van der Waals surface area contributed by atoms with Crippen LogP contribution < -0.4 is 15.0 Å². The minimum Gasteiger partial charge on any atom is -0.493 e. The van der Waals surface area contributed by atoms with Gasteiger partial charge in [-0.2, -0.15) is 5.26 Å². The molecule has 0 saturated heterocycles. The summed E-state index contributed by atoms with van der Waals surface area (Å²) in [4.78, 5) is 18.3. The van der Waals surface area contributed by atoms with E-state index in [1.165, 1.54) is 30.2 Å². The van der Waals surface area contributed by atoms with E-state index in [1.807, 2.05) is 0 Å². The molecular formula is C23H27N3O3S. The molecule has 0 aliphatic heterocycles. The van der Waals surface area contributed by atoms with Crippen molar-refractivity contribution in [1.82, 2.24) is 9.55 Å². The molecule has 0 bridgehead atoms. The summed E-state index contributed by atoms with van der Waals surface area (Å²) < 4.78 is 12.5. The number of benzene rings is 1. The van der Waals surface area contributed by atoms with E-state index in [4.69, 9.17) is 14.5 Å². The second-order valence-electron chi connectivity index (χ2n) is 7.94. The maximum Gasteiger partial charge on any atom is 0.262 e. The molecule has 2 aliphatic rings. The Kier molecular flexibility index (Phi) is 6.33. The first-order valence-electron chi connectivity index (χ1n) is 10.6. The van der Waals surface area contributed by atoms with Crippen molar-refractivity contribution < 1.29 is 9.47 Å². The molecule has 1 aromatic heterocycles. The van der Waals surface area contributed by atoms with Crippen molar-refractivity contribution in [3.63, 3.8) is 0 Å². The number of rotatable bonds is 8. The number of thioether (sulfide) groups is 1. The van der Waals surface area contributed by atoms with Gasteiger partial charge in [-0.25, -0.2) is 4.98 Å². The molecule has 0 radical (unpaired) electrons. The molecule has 1 aromatic carbocycles. The zero-order valence-corrected chi connectivity index (χ0v) is 18.3. The number of ether oxygens (including phenoxy) is 2. The van der Waals surface area contributed by atoms with Gasteiger partial charge in [0.25, 0.3) is 5.56 Å². The van der Waals surface area contributed by atoms with Crippen LogP contribution in [0.25, 0.3) is 10.9 Å². The van der Waals surface area contributed by atoms with Crippen LogP contribution in [0.3, 0.4) is 0 Å². The predicted octanol–water partition coefficient (Wildman–Crippen LogP) is 4.70. The molecule has 0 spiro atoms. The predicted molar refractivity (Wildman–Crippen MR) is 118 cm³/mol. The third-order valence-electron chi connectivity index (χ3n) is 5.88. The fourth-order valence-corrected chi connectivity index (χ4v) is 5.14. The summed E-state index contributed by atoms with van der Waals surface area (Å²) in [5.74, 6) is 1.45. The number of nitriles is 1. The van der Waals surface area contributed by atoms with Crippen molar-refractivity contribution in [2.24, 2.45) is 5.92 Å². The van der Waals surface area contributed by atoms with Crippen molar-refractivity contribution >= 4 is 22.7 Å². The lowest BCUT2D eigenvalue weighted by atomic mass is 9.97. The average Bonchev–Trinajstić information content (AvgIpc) is 3.62. The maximum atomic E-state index is 13.5. The highest BCUT2D eigenvalue weighted by atomic mass is 32.2. The van der Waals surface area contributed by atoms with E-state index < -0.39 is 0 Å². The molecule has 0 amide bonds. The number of allylic oxidation sites excluding steroid dienone is 2. The Hall–Kier alpha value is -2.46. The van der Waals surface area contributed by atoms with Gasteiger partial charge in [-0.3, -0.25) is 9.36 Å². The number of hydrogen-bond donors (Lipinski definition) is 0. The molecule has 0 N–H and O–H groups in total. The Bertz CT molecular complexity index is 1070. The molecule has 1 fully saturated rings. The van der Waals surface area contributed by atoms with Crippen LogP contribution in [0.1, 0.15) is 44.9 Å². The van der Waals surface area contributed by atoms with Gasteiger partial charge in [0.05, 0.1) is 31.2 Å². The minimum absolute atomic E-state index is 0.0904. The summed E-state index contributed by atoms with van der Waals surface area (Å²) >= 11 is 1.42. The molecule has 1 saturated carbocycles. The van der Waals surface area contributed by atoms with Crippen LogP contribution >= 0.6 is 11.8 Å². The SMILES string of the molecule is COc1cc2nc(SC(C#N)C3CC3)n(CCC3=CCCCC3)c(=O)c2cc1OC. The first-order chi connectivity index (χ1) is 14.6. The molecule has 1 heterocycles. The van der Waals surface area contributed by atoms with Crippen molar-refractivity contribution in [2.75, 3.05) is 14.2 Å². The summed E-state index contributed by atoms with van der Waals surface area (Å²) in [5, 5.41) is 10.6. The zero-order chi connectivity index (χ0) is 21.1. The van der Waals surface area contributed by atoms with E-state index in [2.05, 4.69) is 12.1 Å². The second-order valence-corrected chi connectivity index (χ2v) is 9.05. The second kappa shape index (κ2) is 9.13. The van der Waals surface area contributed by atoms with E-state index in [0.717, 1.165) is 32.1 Å². The summed E-state index contributed by atoms with van der Waals surface area (Å²) in [5.41, 5.74) is 1.89. The third-order valence-corrected chi connectivity index (χ3v) is 7.14. The van der Waals surface area contributed by atoms with E-state index in [1.54, 1.807) is 30.9 Å². The lowest BCUT2D eigenvalue weighted by Crippen LogP contribution is -2.25. The van der Waals surface area contributed by atoms with Crippen molar-refractivity contribution in [1.29, 1.82) is 5.26 Å². The Morgan fingerprint density at radius 3 is 2.67 bits per heavy atom. The fourth-order valence-electron chi connectivity index (χ4n) is 3.94. The number of nitrogens with zero attached hydrogens (tertiary/aromatic N) is 3. The smallest absolute Gasteiger partial charge is 0.262 e. The summed E-state index contributed by atoms with van der Waals surface area (Å²) in [6.07, 6.45) is 9.98. The highest BCUT2D eigenvalue weighted by Crippen LogP contribution is 2.41. The largest absolute Gasteiger partial charge is 0.493 e. The van der Waals surface area contributed by atoms with Crippen LogP contribution in [-0.4, -0.2) is 29.0 Å². The number of hydrogen-bond acceptors (Lipinski definition) is 6. The molecule has 2 aliphatic carbocycles. The van der Waals surface area contributed by atoms with Crippen molar-refractivity contribution in [3.05, 3.63) is 34.1 Å². The molecule has 158 valence electrons. The molecule has 7 heteroatoms. The first kappa shape index (κ1) is 20.8. The van der Waals surface area contributed by atoms with Crippen molar-refractivity contribution in [2.45, 2.75) is 61.9 Å². The van der Waals surface area contributed by atoms with E-state index >= 15 is 0 Å². The molecule has 6 nitrogen and oxygen atoms in total. The van der Waals surface area contributed by atoms with E-state index in [9.17, 15) is 10.1 Å². The molecule has 4 rings (SSSR count). The van der Waals surface area contributed by atoms with Gasteiger partial charge in [-0.1, -0.05) is 23.4 Å². The van der Waals surface area contributed by atoms with Crippen LogP contribution in [0.2, 0.25) is 0 Å². The third kappa shape index (κ3) is 4.34. The van der Waals surface area contributed by atoms with Gasteiger partial charge in [0.1, 0.15) is 5.25 Å². The lowest BCUT2D eigenvalue weighted by Gasteiger charge is -2.18. The fraction of sp³-hybridized carbons (Fsp3) is 0.522.